The molecule has 0 radical (unpaired) electrons. The van der Waals surface area contributed by atoms with Gasteiger partial charge in [0.1, 0.15) is 12.2 Å². The lowest BCUT2D eigenvalue weighted by atomic mass is 9.55. The zero-order valence-corrected chi connectivity index (χ0v) is 32.0. The van der Waals surface area contributed by atoms with Crippen LogP contribution in [-0.2, 0) is 42.8 Å². The molecule has 0 unspecified atom stereocenters. The molecule has 7 rings (SSSR count). The van der Waals surface area contributed by atoms with Gasteiger partial charge in [0.05, 0.1) is 35.9 Å². The minimum atomic E-state index is -1.60. The summed E-state index contributed by atoms with van der Waals surface area (Å²) in [5, 5.41) is 53.0. The second-order valence-corrected chi connectivity index (χ2v) is 16.9. The minimum absolute atomic E-state index is 0.00929. The molecule has 14 heteroatoms. The minimum Gasteiger partial charge on any atom is -0.505 e. The van der Waals surface area contributed by atoms with Crippen LogP contribution in [0.1, 0.15) is 91.9 Å². The average molecular weight is 773 g/mol. The highest BCUT2D eigenvalue weighted by Gasteiger charge is 2.60. The number of aliphatic hydroxyl groups excluding tert-OH is 4. The Morgan fingerprint density at radius 2 is 1.62 bits per heavy atom. The number of aliphatic carboxylic acids is 1. The van der Waals surface area contributed by atoms with E-state index in [1.807, 2.05) is 13.0 Å². The summed E-state index contributed by atoms with van der Waals surface area (Å²) >= 11 is 0. The highest BCUT2D eigenvalue weighted by molar-refractivity contribution is 5.95. The van der Waals surface area contributed by atoms with E-state index in [9.17, 15) is 39.9 Å². The number of ether oxygens (including phenoxy) is 6. The quantitative estimate of drug-likeness (QED) is 0.197. The fraction of sp³-hybridized carbons (Fsp3) is 0.732. The van der Waals surface area contributed by atoms with Gasteiger partial charge in [0.15, 0.2) is 23.9 Å². The number of rotatable bonds is 5. The first-order valence-electron chi connectivity index (χ1n) is 20.0. The third-order valence-corrected chi connectivity index (χ3v) is 13.4. The Kier molecular flexibility index (Phi) is 11.4. The van der Waals surface area contributed by atoms with E-state index in [2.05, 4.69) is 12.2 Å². The topological polar surface area (TPSA) is 208 Å². The van der Waals surface area contributed by atoms with Gasteiger partial charge < -0.3 is 54.0 Å². The Morgan fingerprint density at radius 3 is 2.35 bits per heavy atom. The monoisotopic (exact) mass is 772 g/mol. The van der Waals surface area contributed by atoms with Crippen molar-refractivity contribution in [3.8, 4) is 0 Å². The van der Waals surface area contributed by atoms with Crippen LogP contribution in [0, 0.1) is 35.0 Å². The fourth-order valence-corrected chi connectivity index (χ4v) is 10.3. The number of carboxylic acids is 1. The summed E-state index contributed by atoms with van der Waals surface area (Å²) in [6, 6.07) is 0. The molecule has 0 aromatic carbocycles. The maximum atomic E-state index is 14.6. The summed E-state index contributed by atoms with van der Waals surface area (Å²) in [4.78, 5) is 40.1. The van der Waals surface area contributed by atoms with E-state index in [4.69, 9.17) is 28.4 Å². The largest absolute Gasteiger partial charge is 0.505 e. The van der Waals surface area contributed by atoms with Crippen molar-refractivity contribution in [2.75, 3.05) is 0 Å². The van der Waals surface area contributed by atoms with Gasteiger partial charge in [-0.05, 0) is 70.6 Å². The number of hydrogen-bond acceptors (Lipinski definition) is 13. The van der Waals surface area contributed by atoms with E-state index in [0.29, 0.717) is 25.7 Å². The summed E-state index contributed by atoms with van der Waals surface area (Å²) in [6.45, 7) is 7.00. The molecule has 2 saturated heterocycles. The summed E-state index contributed by atoms with van der Waals surface area (Å²) in [5.41, 5.74) is -2.53. The van der Waals surface area contributed by atoms with Crippen LogP contribution in [0.15, 0.2) is 47.5 Å². The van der Waals surface area contributed by atoms with Gasteiger partial charge in [-0.1, -0.05) is 50.1 Å². The van der Waals surface area contributed by atoms with Crippen molar-refractivity contribution in [1.82, 2.24) is 0 Å². The number of esters is 2. The first kappa shape index (κ1) is 40.1. The Bertz CT molecular complexity index is 1590. The van der Waals surface area contributed by atoms with Gasteiger partial charge in [-0.25, -0.2) is 9.59 Å². The zero-order chi connectivity index (χ0) is 39.4. The van der Waals surface area contributed by atoms with Crippen molar-refractivity contribution in [3.05, 3.63) is 47.5 Å². The smallest absolute Gasteiger partial charge is 0.379 e. The van der Waals surface area contributed by atoms with E-state index in [1.54, 1.807) is 26.8 Å². The molecule has 2 bridgehead atoms. The van der Waals surface area contributed by atoms with Crippen LogP contribution in [-0.4, -0.2) is 104 Å². The SMILES string of the molecule is C[C@H]1C[C@]23OC(=O)C(=C2O)OC(=O)[C@@]2(C)[C@H](C=C[C@H]4[C@H](O[C@H]5C[C@@H](O)[C@H](O[C@H]6C[C@@H](O)[C@H](O)[C@@H](C)O6)[C@@H](C)O5)CCC[C@@H]42)CCCCC=C[C@H]3C=C1C(=O)O. The average Bonchev–Trinajstić information content (AvgIpc) is 3.35. The highest BCUT2D eigenvalue weighted by Crippen LogP contribution is 2.55. The second kappa shape index (κ2) is 15.7. The summed E-state index contributed by atoms with van der Waals surface area (Å²) in [5.74, 6) is -5.73. The van der Waals surface area contributed by atoms with Crippen LogP contribution < -0.4 is 0 Å². The Hall–Kier alpha value is -3.11. The fourth-order valence-electron chi connectivity index (χ4n) is 10.3. The lowest BCUT2D eigenvalue weighted by Crippen LogP contribution is -2.55. The molecule has 14 nitrogen and oxygen atoms in total. The molecule has 3 aliphatic carbocycles. The molecule has 0 aromatic heterocycles. The number of carbonyl (C=O) groups excluding carboxylic acids is 2. The van der Waals surface area contributed by atoms with Gasteiger partial charge >= 0.3 is 17.9 Å². The van der Waals surface area contributed by atoms with Crippen LogP contribution in [0.4, 0.5) is 0 Å². The van der Waals surface area contributed by atoms with Crippen LogP contribution >= 0.6 is 0 Å². The molecule has 4 aliphatic heterocycles. The van der Waals surface area contributed by atoms with E-state index < -0.39 is 101 Å². The Balaban J connectivity index is 1.10. The summed E-state index contributed by atoms with van der Waals surface area (Å²) in [6.07, 6.45) is 7.82. The molecule has 16 atom stereocenters. The molecule has 304 valence electrons. The van der Waals surface area contributed by atoms with E-state index in [1.165, 1.54) is 6.08 Å². The molecule has 0 aromatic rings. The van der Waals surface area contributed by atoms with Crippen molar-refractivity contribution < 1.29 is 68.3 Å². The van der Waals surface area contributed by atoms with E-state index in [-0.39, 0.29) is 48.7 Å². The molecule has 3 fully saturated rings. The standard InChI is InChI=1S/C41H56O14/c1-20-19-41-24(16-26(20)37(46)47)11-8-6-5-7-10-23-14-15-25-27(40(23,4)39(49)54-35(36(41)45)38(48)55-41)12-9-13-30(25)52-31-18-29(43)34(22(3)51-31)53-32-17-28(42)33(44)21(2)50-32/h8,11,14-16,20-25,27-34,42-45H,5-7,9-10,12-13,17-19H2,1-4H3,(H,46,47)/t20-,21+,22+,23-,24-,25+,27-,28+,29+,30+,31-,32-,33+,34+,40-,41+/m0/s1. The molecular formula is C41H56O14. The van der Waals surface area contributed by atoms with E-state index in [0.717, 1.165) is 19.3 Å². The van der Waals surface area contributed by atoms with Crippen molar-refractivity contribution in [2.45, 2.75) is 153 Å². The third kappa shape index (κ3) is 7.32. The van der Waals surface area contributed by atoms with Gasteiger partial charge in [-0.2, -0.15) is 0 Å². The zero-order valence-electron chi connectivity index (χ0n) is 32.0. The maximum absolute atomic E-state index is 14.6. The number of aliphatic hydroxyl groups is 4. The van der Waals surface area contributed by atoms with Crippen LogP contribution in [0.2, 0.25) is 0 Å². The number of hydrogen-bond donors (Lipinski definition) is 5. The van der Waals surface area contributed by atoms with Gasteiger partial charge in [0, 0.05) is 36.7 Å². The number of carbonyl (C=O) groups is 3. The molecule has 7 aliphatic rings. The Morgan fingerprint density at radius 1 is 0.891 bits per heavy atom. The van der Waals surface area contributed by atoms with Gasteiger partial charge in [-0.3, -0.25) is 4.79 Å². The first-order chi connectivity index (χ1) is 26.1. The predicted octanol–water partition coefficient (Wildman–Crippen LogP) is 4.12. The van der Waals surface area contributed by atoms with Crippen LogP contribution in [0.5, 0.6) is 0 Å². The van der Waals surface area contributed by atoms with Crippen LogP contribution in [0.25, 0.3) is 0 Å². The molecule has 4 heterocycles. The lowest BCUT2D eigenvalue weighted by molar-refractivity contribution is -0.318. The van der Waals surface area contributed by atoms with Gasteiger partial charge in [0.2, 0.25) is 0 Å². The molecule has 1 saturated carbocycles. The predicted molar refractivity (Wildman–Crippen MR) is 192 cm³/mol. The molecular weight excluding hydrogens is 716 g/mol. The third-order valence-electron chi connectivity index (χ3n) is 13.4. The molecule has 0 amide bonds. The summed E-state index contributed by atoms with van der Waals surface area (Å²) in [7, 11) is 0. The van der Waals surface area contributed by atoms with Crippen molar-refractivity contribution in [1.29, 1.82) is 0 Å². The molecule has 5 N–H and O–H groups in total. The second-order valence-electron chi connectivity index (χ2n) is 16.9. The van der Waals surface area contributed by atoms with Crippen molar-refractivity contribution in [3.63, 3.8) is 0 Å². The lowest BCUT2D eigenvalue weighted by Gasteiger charge is -2.51. The number of allylic oxidation sites excluding steroid dienone is 2. The maximum Gasteiger partial charge on any atom is 0.379 e. The summed E-state index contributed by atoms with van der Waals surface area (Å²) < 4.78 is 36.4. The first-order valence-corrected chi connectivity index (χ1v) is 20.0. The van der Waals surface area contributed by atoms with E-state index >= 15 is 0 Å². The normalized spacial score (nSPS) is 46.3. The number of carboxylic acid groups (broad SMARTS) is 1. The van der Waals surface area contributed by atoms with Crippen molar-refractivity contribution in [2.24, 2.45) is 35.0 Å². The van der Waals surface area contributed by atoms with Crippen molar-refractivity contribution >= 4 is 17.9 Å². The van der Waals surface area contributed by atoms with Gasteiger partial charge in [-0.15, -0.1) is 0 Å². The Labute approximate surface area is 321 Å². The molecule has 1 spiro atoms. The van der Waals surface area contributed by atoms with Crippen LogP contribution in [0.3, 0.4) is 0 Å². The highest BCUT2D eigenvalue weighted by atomic mass is 16.7. The number of fused-ring (bicyclic) bond motifs is 3. The van der Waals surface area contributed by atoms with Gasteiger partial charge in [0.25, 0.3) is 5.76 Å². The molecule has 55 heavy (non-hydrogen) atoms.